The first-order valence-corrected chi connectivity index (χ1v) is 20.3. The molecule has 1 unspecified atom stereocenters. The Bertz CT molecular complexity index is 558. The van der Waals surface area contributed by atoms with Gasteiger partial charge >= 0.3 is 5.97 Å². The van der Waals surface area contributed by atoms with Crippen molar-refractivity contribution in [1.82, 2.24) is 4.90 Å². The minimum absolute atomic E-state index is 0.0149. The smallest absolute Gasteiger partial charge is 0.305 e. The van der Waals surface area contributed by atoms with Gasteiger partial charge in [0.2, 0.25) is 0 Å². The van der Waals surface area contributed by atoms with Crippen molar-refractivity contribution in [2.24, 2.45) is 0 Å². The molecule has 5 heteroatoms. The second-order valence-electron chi connectivity index (χ2n) is 13.7. The molecule has 0 aliphatic rings. The van der Waals surface area contributed by atoms with Crippen molar-refractivity contribution in [1.29, 1.82) is 0 Å². The highest BCUT2D eigenvalue weighted by Gasteiger charge is 2.10. The number of carbonyl (C=O) groups is 1. The van der Waals surface area contributed by atoms with E-state index >= 15 is 0 Å². The van der Waals surface area contributed by atoms with Crippen LogP contribution in [-0.4, -0.2) is 61.5 Å². The fraction of sp³-hybridized carbons (Fsp3) is 0.975. The van der Waals surface area contributed by atoms with E-state index in [1.54, 1.807) is 0 Å². The van der Waals surface area contributed by atoms with Gasteiger partial charge in [0.15, 0.2) is 0 Å². The summed E-state index contributed by atoms with van der Waals surface area (Å²) in [5, 5.41) is 9.53. The number of esters is 1. The number of aliphatic hydroxyl groups excluding tert-OH is 1. The van der Waals surface area contributed by atoms with Crippen molar-refractivity contribution >= 4 is 5.97 Å². The van der Waals surface area contributed by atoms with Crippen molar-refractivity contribution in [3.05, 3.63) is 0 Å². The summed E-state index contributed by atoms with van der Waals surface area (Å²) in [4.78, 5) is 14.4. The van der Waals surface area contributed by atoms with E-state index < -0.39 is 0 Å². The van der Waals surface area contributed by atoms with Gasteiger partial charge in [-0.15, -0.1) is 0 Å². The lowest BCUT2D eigenvalue weighted by Gasteiger charge is -2.21. The van der Waals surface area contributed by atoms with Crippen LogP contribution >= 0.6 is 0 Å². The molecule has 0 saturated heterocycles. The normalized spacial score (nSPS) is 12.3. The van der Waals surface area contributed by atoms with Crippen LogP contribution in [0, 0.1) is 0 Å². The maximum atomic E-state index is 12.0. The number of carbonyl (C=O) groups excluding carboxylic acids is 1. The van der Waals surface area contributed by atoms with E-state index in [9.17, 15) is 9.90 Å². The lowest BCUT2D eigenvalue weighted by Crippen LogP contribution is -2.29. The molecule has 0 aromatic rings. The van der Waals surface area contributed by atoms with Gasteiger partial charge in [-0.25, -0.2) is 0 Å². The van der Waals surface area contributed by atoms with E-state index in [1.165, 1.54) is 161 Å². The van der Waals surface area contributed by atoms with E-state index in [0.717, 1.165) is 45.5 Å². The van der Waals surface area contributed by atoms with Gasteiger partial charge < -0.3 is 19.5 Å². The first kappa shape index (κ1) is 44.4. The van der Waals surface area contributed by atoms with Gasteiger partial charge in [-0.2, -0.15) is 0 Å². The summed E-state index contributed by atoms with van der Waals surface area (Å²) in [6.07, 6.45) is 36.2. The van der Waals surface area contributed by atoms with E-state index in [-0.39, 0.29) is 12.6 Å². The first-order valence-electron chi connectivity index (χ1n) is 20.3. The van der Waals surface area contributed by atoms with Crippen LogP contribution in [0.3, 0.4) is 0 Å². The fourth-order valence-corrected chi connectivity index (χ4v) is 6.23. The summed E-state index contributed by atoms with van der Waals surface area (Å²) in [6.45, 7) is 11.6. The number of rotatable bonds is 38. The molecule has 0 aromatic carbocycles. The minimum atomic E-state index is -0.0149. The molecule has 0 spiro atoms. The first-order chi connectivity index (χ1) is 22.2. The third kappa shape index (κ3) is 34.5. The summed E-state index contributed by atoms with van der Waals surface area (Å²) < 4.78 is 11.8. The van der Waals surface area contributed by atoms with Crippen LogP contribution in [0.4, 0.5) is 0 Å². The van der Waals surface area contributed by atoms with Crippen LogP contribution in [-0.2, 0) is 14.3 Å². The Morgan fingerprint density at radius 1 is 0.511 bits per heavy atom. The van der Waals surface area contributed by atoms with Crippen LogP contribution in [0.15, 0.2) is 0 Å². The van der Waals surface area contributed by atoms with Gasteiger partial charge in [0.25, 0.3) is 0 Å². The summed E-state index contributed by atoms with van der Waals surface area (Å²) >= 11 is 0. The van der Waals surface area contributed by atoms with Crippen LogP contribution in [0.1, 0.15) is 207 Å². The van der Waals surface area contributed by atoms with Crippen molar-refractivity contribution < 1.29 is 19.4 Å². The van der Waals surface area contributed by atoms with Crippen LogP contribution in [0.5, 0.6) is 0 Å². The molecule has 0 heterocycles. The maximum absolute atomic E-state index is 12.0. The second kappa shape index (κ2) is 37.8. The quantitative estimate of drug-likeness (QED) is 0.0538. The van der Waals surface area contributed by atoms with Crippen molar-refractivity contribution in [2.45, 2.75) is 213 Å². The minimum Gasteiger partial charge on any atom is -0.466 e. The predicted molar refractivity (Wildman–Crippen MR) is 195 cm³/mol. The van der Waals surface area contributed by atoms with Crippen molar-refractivity contribution in [2.75, 3.05) is 39.5 Å². The van der Waals surface area contributed by atoms with E-state index in [2.05, 4.69) is 25.7 Å². The summed E-state index contributed by atoms with van der Waals surface area (Å²) in [7, 11) is 0. The van der Waals surface area contributed by atoms with Gasteiger partial charge in [-0.05, 0) is 58.0 Å². The number of hydrogen-bond donors (Lipinski definition) is 1. The highest BCUT2D eigenvalue weighted by molar-refractivity contribution is 5.69. The maximum Gasteiger partial charge on any atom is 0.305 e. The number of unbranched alkanes of at least 4 members (excludes halogenated alkanes) is 21. The lowest BCUT2D eigenvalue weighted by atomic mass is 10.0. The molecule has 45 heavy (non-hydrogen) atoms. The predicted octanol–water partition coefficient (Wildman–Crippen LogP) is 11.6. The topological polar surface area (TPSA) is 59.0 Å². The molecule has 0 aliphatic heterocycles. The zero-order valence-corrected chi connectivity index (χ0v) is 30.9. The Kier molecular flexibility index (Phi) is 37.3. The Balaban J connectivity index is 3.83. The van der Waals surface area contributed by atoms with E-state index in [0.29, 0.717) is 19.1 Å². The number of aliphatic hydroxyl groups is 1. The SMILES string of the molecule is CCCCCCCCCOC(=O)CCCCCCCN(CCO)CCCCCCCC(CCCCCCC)OCCCCCC. The van der Waals surface area contributed by atoms with E-state index in [1.807, 2.05) is 0 Å². The Morgan fingerprint density at radius 3 is 1.47 bits per heavy atom. The van der Waals surface area contributed by atoms with Crippen LogP contribution in [0.25, 0.3) is 0 Å². The molecule has 1 atom stereocenters. The molecule has 1 N–H and O–H groups in total. The third-order valence-corrected chi connectivity index (χ3v) is 9.26. The average Bonchev–Trinajstić information content (AvgIpc) is 3.04. The largest absolute Gasteiger partial charge is 0.466 e. The average molecular weight is 640 g/mol. The highest BCUT2D eigenvalue weighted by Crippen LogP contribution is 2.17. The molecule has 0 rings (SSSR count). The highest BCUT2D eigenvalue weighted by atomic mass is 16.5. The fourth-order valence-electron chi connectivity index (χ4n) is 6.23. The molecule has 0 fully saturated rings. The van der Waals surface area contributed by atoms with Crippen LogP contribution < -0.4 is 0 Å². The van der Waals surface area contributed by atoms with Gasteiger partial charge in [-0.3, -0.25) is 4.79 Å². The molecular weight excluding hydrogens is 558 g/mol. The van der Waals surface area contributed by atoms with Crippen molar-refractivity contribution in [3.8, 4) is 0 Å². The molecule has 0 radical (unpaired) electrons. The number of hydrogen-bond acceptors (Lipinski definition) is 5. The monoisotopic (exact) mass is 640 g/mol. The van der Waals surface area contributed by atoms with Gasteiger partial charge in [0, 0.05) is 19.6 Å². The molecule has 0 aliphatic carbocycles. The Labute approximate surface area is 282 Å². The Morgan fingerprint density at radius 2 is 0.933 bits per heavy atom. The zero-order chi connectivity index (χ0) is 32.9. The second-order valence-corrected chi connectivity index (χ2v) is 13.7. The summed E-state index contributed by atoms with van der Waals surface area (Å²) in [6, 6.07) is 0. The molecule has 0 aromatic heterocycles. The van der Waals surface area contributed by atoms with Crippen LogP contribution in [0.2, 0.25) is 0 Å². The van der Waals surface area contributed by atoms with Gasteiger partial charge in [-0.1, -0.05) is 156 Å². The Hall–Kier alpha value is -0.650. The molecule has 0 saturated carbocycles. The molecule has 5 nitrogen and oxygen atoms in total. The van der Waals surface area contributed by atoms with E-state index in [4.69, 9.17) is 9.47 Å². The molecule has 0 amide bonds. The lowest BCUT2D eigenvalue weighted by molar-refractivity contribution is -0.143. The number of ether oxygens (including phenoxy) is 2. The van der Waals surface area contributed by atoms with Crippen molar-refractivity contribution in [3.63, 3.8) is 0 Å². The molecular formula is C40H81NO4. The molecule has 270 valence electrons. The summed E-state index contributed by atoms with van der Waals surface area (Å²) in [5.74, 6) is -0.0149. The standard InChI is InChI=1S/C40H81NO4/c1-4-7-10-13-14-22-29-38-45-40(43)32-25-19-16-21-27-34-41(35-36-42)33-26-20-15-18-24-31-39(30-23-17-11-8-5-2)44-37-28-12-9-6-3/h39,42H,4-38H2,1-3H3. The number of nitrogens with zero attached hydrogens (tertiary/aromatic N) is 1. The van der Waals surface area contributed by atoms with Gasteiger partial charge in [0.1, 0.15) is 0 Å². The zero-order valence-electron chi connectivity index (χ0n) is 30.9. The molecule has 0 bridgehead atoms. The summed E-state index contributed by atoms with van der Waals surface area (Å²) in [5.41, 5.74) is 0. The third-order valence-electron chi connectivity index (χ3n) is 9.26. The van der Waals surface area contributed by atoms with Gasteiger partial charge in [0.05, 0.1) is 19.3 Å².